The van der Waals surface area contributed by atoms with Gasteiger partial charge in [0.05, 0.1) is 12.6 Å². The van der Waals surface area contributed by atoms with Crippen molar-refractivity contribution in [2.24, 2.45) is 0 Å². The highest BCUT2D eigenvalue weighted by Crippen LogP contribution is 2.22. The molecule has 0 spiro atoms. The molecule has 0 aromatic rings. The topological polar surface area (TPSA) is 43.8 Å². The van der Waals surface area contributed by atoms with Gasteiger partial charge < -0.3 is 10.0 Å². The van der Waals surface area contributed by atoms with Crippen molar-refractivity contribution in [3.8, 4) is 0 Å². The first-order chi connectivity index (χ1) is 9.04. The molecular weight excluding hydrogens is 240 g/mol. The highest BCUT2D eigenvalue weighted by molar-refractivity contribution is 5.78. The average molecular weight is 270 g/mol. The van der Waals surface area contributed by atoms with Gasteiger partial charge in [0.15, 0.2) is 0 Å². The van der Waals surface area contributed by atoms with Crippen LogP contribution < -0.4 is 0 Å². The van der Waals surface area contributed by atoms with E-state index in [1.165, 1.54) is 19.3 Å². The number of nitrogens with zero attached hydrogens (tertiary/aromatic N) is 2. The lowest BCUT2D eigenvalue weighted by Gasteiger charge is -2.34. The van der Waals surface area contributed by atoms with Crippen molar-refractivity contribution in [1.29, 1.82) is 0 Å². The van der Waals surface area contributed by atoms with Crippen LogP contribution in [0.3, 0.4) is 0 Å². The number of amides is 1. The molecule has 4 nitrogen and oxygen atoms in total. The molecule has 1 atom stereocenters. The zero-order chi connectivity index (χ0) is 14.3. The summed E-state index contributed by atoms with van der Waals surface area (Å²) in [5, 5.41) is 9.27. The van der Waals surface area contributed by atoms with Crippen molar-refractivity contribution < 1.29 is 9.90 Å². The molecule has 0 radical (unpaired) electrons. The smallest absolute Gasteiger partial charge is 0.236 e. The number of likely N-dealkylation sites (N-methyl/N-ethyl adjacent to an activating group) is 2. The number of hydrogen-bond acceptors (Lipinski definition) is 3. The maximum absolute atomic E-state index is 12.4. The Morgan fingerprint density at radius 3 is 2.47 bits per heavy atom. The summed E-state index contributed by atoms with van der Waals surface area (Å²) < 4.78 is 0. The number of rotatable bonds is 7. The van der Waals surface area contributed by atoms with Crippen molar-refractivity contribution in [2.75, 3.05) is 26.7 Å². The first-order valence-corrected chi connectivity index (χ1v) is 7.70. The van der Waals surface area contributed by atoms with E-state index in [1.54, 1.807) is 6.92 Å². The first kappa shape index (κ1) is 16.4. The molecule has 112 valence electrons. The van der Waals surface area contributed by atoms with Crippen LogP contribution >= 0.6 is 0 Å². The fourth-order valence-corrected chi connectivity index (χ4v) is 2.84. The Morgan fingerprint density at radius 2 is 1.95 bits per heavy atom. The maximum atomic E-state index is 12.4. The van der Waals surface area contributed by atoms with Crippen LogP contribution in [0.15, 0.2) is 0 Å². The lowest BCUT2D eigenvalue weighted by Crippen LogP contribution is -2.45. The number of carbonyl (C=O) groups is 1. The zero-order valence-corrected chi connectivity index (χ0v) is 12.8. The molecule has 0 aliphatic heterocycles. The van der Waals surface area contributed by atoms with E-state index in [9.17, 15) is 9.90 Å². The Labute approximate surface area is 117 Å². The van der Waals surface area contributed by atoms with Crippen molar-refractivity contribution in [3.63, 3.8) is 0 Å². The number of aliphatic hydroxyl groups is 1. The molecule has 1 N–H and O–H groups in total. The van der Waals surface area contributed by atoms with E-state index in [0.29, 0.717) is 12.6 Å². The molecule has 19 heavy (non-hydrogen) atoms. The standard InChI is InChI=1S/C15H30N2O2/c1-4-17(14-8-6-5-7-9-14)15(19)12-16(3)11-10-13(2)18/h13-14,18H,4-12H2,1-3H3. The molecule has 1 rings (SSSR count). The maximum Gasteiger partial charge on any atom is 0.236 e. The van der Waals surface area contributed by atoms with E-state index in [0.717, 1.165) is 32.4 Å². The third-order valence-electron chi connectivity index (χ3n) is 4.01. The van der Waals surface area contributed by atoms with Gasteiger partial charge in [0.2, 0.25) is 5.91 Å². The summed E-state index contributed by atoms with van der Waals surface area (Å²) in [5.41, 5.74) is 0. The molecule has 1 unspecified atom stereocenters. The van der Waals surface area contributed by atoms with E-state index in [4.69, 9.17) is 0 Å². The van der Waals surface area contributed by atoms with Gasteiger partial charge in [-0.05, 0) is 40.2 Å². The minimum absolute atomic E-state index is 0.238. The van der Waals surface area contributed by atoms with Crippen LogP contribution in [-0.2, 0) is 4.79 Å². The molecule has 1 aliphatic carbocycles. The van der Waals surface area contributed by atoms with E-state index in [2.05, 4.69) is 11.8 Å². The largest absolute Gasteiger partial charge is 0.393 e. The highest BCUT2D eigenvalue weighted by atomic mass is 16.3. The van der Waals surface area contributed by atoms with Crippen molar-refractivity contribution in [3.05, 3.63) is 0 Å². The molecule has 0 bridgehead atoms. The second-order valence-electron chi connectivity index (χ2n) is 5.85. The number of aliphatic hydroxyl groups excluding tert-OH is 1. The van der Waals surface area contributed by atoms with Gasteiger partial charge in [0, 0.05) is 19.1 Å². The summed E-state index contributed by atoms with van der Waals surface area (Å²) in [7, 11) is 1.95. The first-order valence-electron chi connectivity index (χ1n) is 7.70. The van der Waals surface area contributed by atoms with E-state index in [-0.39, 0.29) is 12.0 Å². The summed E-state index contributed by atoms with van der Waals surface area (Å²) in [6.07, 6.45) is 6.58. The molecule has 1 amide bonds. The normalized spacial score (nSPS) is 18.6. The SMILES string of the molecule is CCN(C(=O)CN(C)CCC(C)O)C1CCCCC1. The Bertz CT molecular complexity index is 263. The zero-order valence-electron chi connectivity index (χ0n) is 12.8. The minimum atomic E-state index is -0.293. The van der Waals surface area contributed by atoms with Gasteiger partial charge in [-0.2, -0.15) is 0 Å². The quantitative estimate of drug-likeness (QED) is 0.768. The number of hydrogen-bond donors (Lipinski definition) is 1. The van der Waals surface area contributed by atoms with E-state index in [1.807, 2.05) is 11.9 Å². The van der Waals surface area contributed by atoms with Gasteiger partial charge in [0.1, 0.15) is 0 Å². The highest BCUT2D eigenvalue weighted by Gasteiger charge is 2.24. The minimum Gasteiger partial charge on any atom is -0.393 e. The van der Waals surface area contributed by atoms with Crippen LogP contribution in [0.4, 0.5) is 0 Å². The second-order valence-corrected chi connectivity index (χ2v) is 5.85. The summed E-state index contributed by atoms with van der Waals surface area (Å²) in [5.74, 6) is 0.238. The van der Waals surface area contributed by atoms with Crippen LogP contribution in [0, 0.1) is 0 Å². The Morgan fingerprint density at radius 1 is 1.32 bits per heavy atom. The number of carbonyl (C=O) groups excluding carboxylic acids is 1. The van der Waals surface area contributed by atoms with Gasteiger partial charge in [0.25, 0.3) is 0 Å². The van der Waals surface area contributed by atoms with Crippen molar-refractivity contribution >= 4 is 5.91 Å². The summed E-state index contributed by atoms with van der Waals surface area (Å²) >= 11 is 0. The monoisotopic (exact) mass is 270 g/mol. The summed E-state index contributed by atoms with van der Waals surface area (Å²) in [4.78, 5) is 16.4. The average Bonchev–Trinajstić information content (AvgIpc) is 2.38. The van der Waals surface area contributed by atoms with Crippen LogP contribution in [0.5, 0.6) is 0 Å². The molecule has 1 fully saturated rings. The lowest BCUT2D eigenvalue weighted by atomic mass is 9.94. The predicted octanol–water partition coefficient (Wildman–Crippen LogP) is 1.87. The molecule has 0 heterocycles. The molecule has 4 heteroatoms. The second kappa shape index (κ2) is 8.54. The lowest BCUT2D eigenvalue weighted by molar-refractivity contribution is -0.135. The van der Waals surface area contributed by atoms with Crippen LogP contribution in [0.2, 0.25) is 0 Å². The van der Waals surface area contributed by atoms with Gasteiger partial charge in [-0.25, -0.2) is 0 Å². The fraction of sp³-hybridized carbons (Fsp3) is 0.933. The van der Waals surface area contributed by atoms with Crippen LogP contribution in [0.1, 0.15) is 52.4 Å². The Balaban J connectivity index is 2.39. The van der Waals surface area contributed by atoms with Crippen molar-refractivity contribution in [1.82, 2.24) is 9.80 Å². The summed E-state index contributed by atoms with van der Waals surface area (Å²) in [6, 6.07) is 0.455. The predicted molar refractivity (Wildman–Crippen MR) is 78.1 cm³/mol. The molecule has 0 saturated heterocycles. The van der Waals surface area contributed by atoms with Crippen molar-refractivity contribution in [2.45, 2.75) is 64.5 Å². The molecular formula is C15H30N2O2. The van der Waals surface area contributed by atoms with E-state index >= 15 is 0 Å². The Kier molecular flexibility index (Phi) is 7.39. The molecule has 0 aromatic carbocycles. The van der Waals surface area contributed by atoms with Gasteiger partial charge in [-0.15, -0.1) is 0 Å². The molecule has 1 aliphatic rings. The summed E-state index contributed by atoms with van der Waals surface area (Å²) in [6.45, 7) is 5.91. The van der Waals surface area contributed by atoms with E-state index < -0.39 is 0 Å². The van der Waals surface area contributed by atoms with Crippen LogP contribution in [-0.4, -0.2) is 59.6 Å². The Hall–Kier alpha value is -0.610. The third kappa shape index (κ3) is 5.91. The fourth-order valence-electron chi connectivity index (χ4n) is 2.84. The third-order valence-corrected chi connectivity index (χ3v) is 4.01. The molecule has 0 aromatic heterocycles. The van der Waals surface area contributed by atoms with Crippen LogP contribution in [0.25, 0.3) is 0 Å². The van der Waals surface area contributed by atoms with Gasteiger partial charge >= 0.3 is 0 Å². The van der Waals surface area contributed by atoms with Gasteiger partial charge in [-0.3, -0.25) is 9.69 Å². The van der Waals surface area contributed by atoms with Gasteiger partial charge in [-0.1, -0.05) is 19.3 Å². The molecule has 1 saturated carbocycles.